The number of hydrogen-bond donors (Lipinski definition) is 1. The van der Waals surface area contributed by atoms with Gasteiger partial charge >= 0.3 is 17.9 Å². The number of ether oxygens (including phenoxy) is 2. The van der Waals surface area contributed by atoms with Gasteiger partial charge in [0.05, 0.1) is 12.1 Å². The first-order chi connectivity index (χ1) is 17.6. The van der Waals surface area contributed by atoms with Crippen molar-refractivity contribution in [2.24, 2.45) is 0 Å². The zero-order valence-electron chi connectivity index (χ0n) is 20.5. The first-order valence-corrected chi connectivity index (χ1v) is 11.9. The summed E-state index contributed by atoms with van der Waals surface area (Å²) in [7, 11) is 0. The number of hydrogen-bond acceptors (Lipinski definition) is 7. The van der Waals surface area contributed by atoms with Crippen molar-refractivity contribution in [3.05, 3.63) is 60.2 Å². The Hall–Kier alpha value is -3.60. The zero-order chi connectivity index (χ0) is 27.0. The third-order valence-corrected chi connectivity index (χ3v) is 6.18. The molecule has 1 aliphatic heterocycles. The number of nitrogens with one attached hydrogen (secondary N) is 1. The molecule has 1 aliphatic rings. The highest BCUT2D eigenvalue weighted by atomic mass is 19.3. The van der Waals surface area contributed by atoms with Crippen LogP contribution in [0.1, 0.15) is 44.7 Å². The van der Waals surface area contributed by atoms with Crippen LogP contribution in [0.2, 0.25) is 0 Å². The highest BCUT2D eigenvalue weighted by Crippen LogP contribution is 2.25. The Morgan fingerprint density at radius 2 is 1.68 bits per heavy atom. The molecule has 1 heterocycles. The Morgan fingerprint density at radius 1 is 1.00 bits per heavy atom. The summed E-state index contributed by atoms with van der Waals surface area (Å²) < 4.78 is 48.9. The van der Waals surface area contributed by atoms with Gasteiger partial charge in [-0.15, -0.1) is 0 Å². The summed E-state index contributed by atoms with van der Waals surface area (Å²) in [4.78, 5) is 39.9. The normalized spacial score (nSPS) is 17.8. The van der Waals surface area contributed by atoms with Gasteiger partial charge in [0.1, 0.15) is 18.1 Å². The van der Waals surface area contributed by atoms with Crippen molar-refractivity contribution < 1.29 is 42.1 Å². The number of likely N-dealkylation sites (tertiary alicyclic amines) is 1. The lowest BCUT2D eigenvalue weighted by atomic mass is 9.98. The molecule has 3 rings (SSSR count). The molecule has 0 radical (unpaired) electrons. The molecule has 2 aromatic carbocycles. The SMILES string of the molecule is CC(COc1ccccc1)N1CCCC[C@@H]1C(=O)N[C@@H](C)c1ccc(OC(=O)C(F)(F)C(=O)OF)cc1. The van der Waals surface area contributed by atoms with Crippen LogP contribution in [-0.4, -0.2) is 53.9 Å². The average molecular weight is 523 g/mol. The molecule has 0 spiro atoms. The number of piperidine rings is 1. The van der Waals surface area contributed by atoms with Gasteiger partial charge in [-0.2, -0.15) is 8.78 Å². The maximum absolute atomic E-state index is 13.4. The minimum absolute atomic E-state index is 0.00772. The summed E-state index contributed by atoms with van der Waals surface area (Å²) in [5, 5.41) is 2.98. The van der Waals surface area contributed by atoms with Crippen LogP contribution in [0.4, 0.5) is 13.3 Å². The molecule has 2 aromatic rings. The van der Waals surface area contributed by atoms with Crippen molar-refractivity contribution in [1.29, 1.82) is 0 Å². The predicted octanol–water partition coefficient (Wildman–Crippen LogP) is 4.15. The van der Waals surface area contributed by atoms with Crippen LogP contribution in [0.3, 0.4) is 0 Å². The molecule has 0 aromatic heterocycles. The Balaban J connectivity index is 1.57. The van der Waals surface area contributed by atoms with E-state index in [-0.39, 0.29) is 23.7 Å². The fourth-order valence-corrected chi connectivity index (χ4v) is 4.11. The van der Waals surface area contributed by atoms with E-state index in [0.29, 0.717) is 18.6 Å². The van der Waals surface area contributed by atoms with Gasteiger partial charge in [0.2, 0.25) is 5.91 Å². The molecule has 8 nitrogen and oxygen atoms in total. The molecule has 1 amide bonds. The lowest BCUT2D eigenvalue weighted by Crippen LogP contribution is -2.54. The van der Waals surface area contributed by atoms with Gasteiger partial charge in [0, 0.05) is 10.6 Å². The predicted molar refractivity (Wildman–Crippen MR) is 127 cm³/mol. The summed E-state index contributed by atoms with van der Waals surface area (Å²) in [6, 6.07) is 14.1. The third-order valence-electron chi connectivity index (χ3n) is 6.18. The van der Waals surface area contributed by atoms with Crippen molar-refractivity contribution in [1.82, 2.24) is 10.2 Å². The van der Waals surface area contributed by atoms with E-state index in [1.807, 2.05) is 37.3 Å². The van der Waals surface area contributed by atoms with E-state index in [1.165, 1.54) is 24.3 Å². The quantitative estimate of drug-likeness (QED) is 0.285. The summed E-state index contributed by atoms with van der Waals surface area (Å²) in [5.74, 6) is -9.39. The molecule has 1 saturated heterocycles. The van der Waals surface area contributed by atoms with E-state index in [9.17, 15) is 27.7 Å². The Bertz CT molecular complexity index is 1070. The molecule has 200 valence electrons. The van der Waals surface area contributed by atoms with Crippen LogP contribution in [0.5, 0.6) is 11.5 Å². The van der Waals surface area contributed by atoms with Crippen molar-refractivity contribution in [2.75, 3.05) is 13.2 Å². The fourth-order valence-electron chi connectivity index (χ4n) is 4.11. The maximum atomic E-state index is 13.4. The minimum Gasteiger partial charge on any atom is -0.492 e. The molecular formula is C26H29F3N2O6. The van der Waals surface area contributed by atoms with Crippen LogP contribution >= 0.6 is 0 Å². The van der Waals surface area contributed by atoms with Crippen LogP contribution in [0.15, 0.2) is 54.6 Å². The van der Waals surface area contributed by atoms with Crippen LogP contribution in [0.25, 0.3) is 0 Å². The van der Waals surface area contributed by atoms with Crippen molar-refractivity contribution in [2.45, 2.75) is 57.2 Å². The Labute approximate surface area is 212 Å². The van der Waals surface area contributed by atoms with E-state index in [1.54, 1.807) is 6.92 Å². The van der Waals surface area contributed by atoms with Crippen LogP contribution in [0, 0.1) is 0 Å². The molecule has 3 atom stereocenters. The second-order valence-electron chi connectivity index (χ2n) is 8.85. The van der Waals surface area contributed by atoms with Gasteiger partial charge in [0.15, 0.2) is 0 Å². The van der Waals surface area contributed by atoms with Gasteiger partial charge in [-0.05, 0) is 63.1 Å². The van der Waals surface area contributed by atoms with E-state index >= 15 is 0 Å². The molecule has 1 unspecified atom stereocenters. The summed E-state index contributed by atoms with van der Waals surface area (Å²) in [6.07, 6.45) is 2.62. The number of nitrogens with zero attached hydrogens (tertiary/aromatic N) is 1. The number of para-hydroxylation sites is 1. The Kier molecular flexibility index (Phi) is 9.51. The second kappa shape index (κ2) is 12.6. The standard InChI is InChI=1S/C26H29F3N2O6/c1-17(16-35-20-8-4-3-5-9-20)31-15-7-6-10-22(31)23(32)30-18(2)19-11-13-21(14-12-19)36-24(33)26(27,28)25(34)37-29/h3-5,8-9,11-14,17-18,22H,6-7,10,15-16H2,1-2H3,(H,30,32)/t17?,18-,22+/m0/s1. The van der Waals surface area contributed by atoms with E-state index in [0.717, 1.165) is 25.1 Å². The number of rotatable bonds is 10. The minimum atomic E-state index is -4.79. The number of esters is 1. The van der Waals surface area contributed by atoms with Crippen molar-refractivity contribution in [3.63, 3.8) is 0 Å². The first kappa shape index (κ1) is 28.0. The zero-order valence-corrected chi connectivity index (χ0v) is 20.5. The number of carbonyl (C=O) groups excluding carboxylic acids is 3. The van der Waals surface area contributed by atoms with Gasteiger partial charge < -0.3 is 14.8 Å². The molecule has 0 aliphatic carbocycles. The van der Waals surface area contributed by atoms with Gasteiger partial charge in [-0.1, -0.05) is 36.8 Å². The molecule has 1 fully saturated rings. The summed E-state index contributed by atoms with van der Waals surface area (Å²) >= 11 is 0. The number of alkyl halides is 2. The third kappa shape index (κ3) is 7.22. The topological polar surface area (TPSA) is 94.2 Å². The lowest BCUT2D eigenvalue weighted by molar-refractivity contribution is -0.215. The largest absolute Gasteiger partial charge is 0.492 e. The fraction of sp³-hybridized carbons (Fsp3) is 0.423. The highest BCUT2D eigenvalue weighted by molar-refractivity contribution is 6.02. The van der Waals surface area contributed by atoms with Crippen molar-refractivity contribution >= 4 is 17.8 Å². The monoisotopic (exact) mass is 522 g/mol. The molecule has 1 N–H and O–H groups in total. The molecular weight excluding hydrogens is 493 g/mol. The van der Waals surface area contributed by atoms with Gasteiger partial charge in [0.25, 0.3) is 0 Å². The number of benzene rings is 2. The summed E-state index contributed by atoms with van der Waals surface area (Å²) in [6.45, 7) is 4.99. The number of carbonyl (C=O) groups is 3. The maximum Gasteiger partial charge on any atom is 0.441 e. The first-order valence-electron chi connectivity index (χ1n) is 11.9. The van der Waals surface area contributed by atoms with Crippen LogP contribution in [-0.2, 0) is 19.3 Å². The van der Waals surface area contributed by atoms with Gasteiger partial charge in [-0.25, -0.2) is 14.5 Å². The molecule has 37 heavy (non-hydrogen) atoms. The van der Waals surface area contributed by atoms with E-state index in [4.69, 9.17) is 4.74 Å². The second-order valence-corrected chi connectivity index (χ2v) is 8.85. The van der Waals surface area contributed by atoms with Gasteiger partial charge in [-0.3, -0.25) is 9.69 Å². The van der Waals surface area contributed by atoms with Crippen LogP contribution < -0.4 is 14.8 Å². The van der Waals surface area contributed by atoms with E-state index < -0.39 is 23.9 Å². The van der Waals surface area contributed by atoms with Crippen molar-refractivity contribution in [3.8, 4) is 11.5 Å². The lowest BCUT2D eigenvalue weighted by Gasteiger charge is -2.39. The van der Waals surface area contributed by atoms with E-state index in [2.05, 4.69) is 19.9 Å². The molecule has 0 bridgehead atoms. The number of amides is 1. The molecule has 0 saturated carbocycles. The smallest absolute Gasteiger partial charge is 0.441 e. The Morgan fingerprint density at radius 3 is 2.32 bits per heavy atom. The average Bonchev–Trinajstić information content (AvgIpc) is 2.92. The highest BCUT2D eigenvalue weighted by Gasteiger charge is 2.52. The summed E-state index contributed by atoms with van der Waals surface area (Å²) in [5.41, 5.74) is 0.630. The molecule has 11 heteroatoms. The number of halogens is 3.